The maximum absolute atomic E-state index is 12.3. The van der Waals surface area contributed by atoms with Crippen LogP contribution in [0.4, 0.5) is 11.9 Å². The fraction of sp³-hybridized carbons (Fsp3) is 0.357. The highest BCUT2D eigenvalue weighted by Gasteiger charge is 2.18. The molecule has 1 aliphatic heterocycles. The number of hydrogen-bond acceptors (Lipinski definition) is 8. The van der Waals surface area contributed by atoms with Gasteiger partial charge in [0, 0.05) is 13.1 Å². The van der Waals surface area contributed by atoms with Gasteiger partial charge in [-0.1, -0.05) is 17.7 Å². The van der Waals surface area contributed by atoms with Gasteiger partial charge in [0.25, 0.3) is 10.0 Å². The van der Waals surface area contributed by atoms with Crippen LogP contribution in [0.3, 0.4) is 0 Å². The standard InChI is InChI=1S/C14H17ClN6O3S/c1-10-2-4-11(5-3-10)25(22,23)20-19-13-16-12(15)17-14(18-13)21-6-8-24-9-7-21/h2-5,20H,6-9H2,1H3,(H,16,17,18,19). The number of anilines is 2. The van der Waals surface area contributed by atoms with Crippen molar-refractivity contribution in [3.05, 3.63) is 35.1 Å². The van der Waals surface area contributed by atoms with Gasteiger partial charge in [-0.25, -0.2) is 8.42 Å². The van der Waals surface area contributed by atoms with E-state index in [0.717, 1.165) is 5.56 Å². The number of aryl methyl sites for hydroxylation is 1. The molecule has 3 rings (SSSR count). The summed E-state index contributed by atoms with van der Waals surface area (Å²) in [6, 6.07) is 6.45. The topological polar surface area (TPSA) is 109 Å². The lowest BCUT2D eigenvalue weighted by molar-refractivity contribution is 0.122. The molecule has 25 heavy (non-hydrogen) atoms. The van der Waals surface area contributed by atoms with Gasteiger partial charge in [-0.3, -0.25) is 5.43 Å². The Hall–Kier alpha value is -2.01. The van der Waals surface area contributed by atoms with Crippen molar-refractivity contribution in [2.75, 3.05) is 36.6 Å². The summed E-state index contributed by atoms with van der Waals surface area (Å²) in [4.78, 5) is 16.4. The highest BCUT2D eigenvalue weighted by molar-refractivity contribution is 7.89. The Morgan fingerprint density at radius 2 is 1.80 bits per heavy atom. The Kier molecular flexibility index (Phi) is 5.33. The first-order chi connectivity index (χ1) is 11.9. The Labute approximate surface area is 150 Å². The van der Waals surface area contributed by atoms with E-state index in [9.17, 15) is 8.42 Å². The van der Waals surface area contributed by atoms with Crippen molar-refractivity contribution in [2.45, 2.75) is 11.8 Å². The molecular weight excluding hydrogens is 368 g/mol. The van der Waals surface area contributed by atoms with Crippen LogP contribution in [-0.4, -0.2) is 49.7 Å². The molecule has 1 aromatic carbocycles. The van der Waals surface area contributed by atoms with Gasteiger partial charge in [-0.05, 0) is 30.7 Å². The van der Waals surface area contributed by atoms with E-state index < -0.39 is 10.0 Å². The predicted molar refractivity (Wildman–Crippen MR) is 93.0 cm³/mol. The van der Waals surface area contributed by atoms with Crippen molar-refractivity contribution in [3.63, 3.8) is 0 Å². The normalized spacial score (nSPS) is 15.2. The van der Waals surface area contributed by atoms with Crippen LogP contribution in [0, 0.1) is 6.92 Å². The first-order valence-corrected chi connectivity index (χ1v) is 9.39. The molecule has 2 N–H and O–H groups in total. The summed E-state index contributed by atoms with van der Waals surface area (Å²) in [5.41, 5.74) is 3.44. The minimum Gasteiger partial charge on any atom is -0.378 e. The van der Waals surface area contributed by atoms with Crippen LogP contribution in [-0.2, 0) is 14.8 Å². The molecule has 0 bridgehead atoms. The Morgan fingerprint density at radius 3 is 2.48 bits per heavy atom. The molecule has 2 aromatic rings. The van der Waals surface area contributed by atoms with Crippen molar-refractivity contribution in [3.8, 4) is 0 Å². The summed E-state index contributed by atoms with van der Waals surface area (Å²) in [7, 11) is -3.76. The number of ether oxygens (including phenoxy) is 1. The maximum atomic E-state index is 12.3. The molecule has 1 aliphatic rings. The quantitative estimate of drug-likeness (QED) is 0.734. The van der Waals surface area contributed by atoms with Crippen LogP contribution in [0.2, 0.25) is 5.28 Å². The number of sulfonamides is 1. The molecule has 0 saturated carbocycles. The monoisotopic (exact) mass is 384 g/mol. The van der Waals surface area contributed by atoms with Gasteiger partial charge in [0.1, 0.15) is 0 Å². The van der Waals surface area contributed by atoms with Crippen molar-refractivity contribution in [1.29, 1.82) is 0 Å². The van der Waals surface area contributed by atoms with E-state index in [4.69, 9.17) is 16.3 Å². The van der Waals surface area contributed by atoms with E-state index in [-0.39, 0.29) is 16.1 Å². The third-order valence-corrected chi connectivity index (χ3v) is 4.95. The van der Waals surface area contributed by atoms with Gasteiger partial charge >= 0.3 is 0 Å². The molecule has 1 saturated heterocycles. The van der Waals surface area contributed by atoms with Crippen LogP contribution in [0.5, 0.6) is 0 Å². The molecule has 0 radical (unpaired) electrons. The summed E-state index contributed by atoms with van der Waals surface area (Å²) < 4.78 is 29.8. The van der Waals surface area contributed by atoms with Crippen LogP contribution in [0.1, 0.15) is 5.56 Å². The number of halogens is 1. The Morgan fingerprint density at radius 1 is 1.12 bits per heavy atom. The van der Waals surface area contributed by atoms with Crippen molar-refractivity contribution in [2.24, 2.45) is 0 Å². The lowest BCUT2D eigenvalue weighted by Crippen LogP contribution is -2.38. The number of nitrogens with one attached hydrogen (secondary N) is 2. The fourth-order valence-electron chi connectivity index (χ4n) is 2.19. The molecule has 0 amide bonds. The molecule has 11 heteroatoms. The molecule has 0 aliphatic carbocycles. The average molecular weight is 385 g/mol. The maximum Gasteiger partial charge on any atom is 0.257 e. The van der Waals surface area contributed by atoms with Crippen LogP contribution in [0.15, 0.2) is 29.2 Å². The highest BCUT2D eigenvalue weighted by atomic mass is 35.5. The minimum atomic E-state index is -3.76. The smallest absolute Gasteiger partial charge is 0.257 e. The zero-order valence-electron chi connectivity index (χ0n) is 13.4. The molecule has 0 atom stereocenters. The zero-order chi connectivity index (χ0) is 17.9. The number of benzene rings is 1. The number of morpholine rings is 1. The zero-order valence-corrected chi connectivity index (χ0v) is 15.0. The number of rotatable bonds is 5. The number of aromatic nitrogens is 3. The molecule has 0 spiro atoms. The second-order valence-electron chi connectivity index (χ2n) is 5.37. The minimum absolute atomic E-state index is 0.0113. The number of hydrazine groups is 1. The van der Waals surface area contributed by atoms with E-state index in [0.29, 0.717) is 32.3 Å². The lowest BCUT2D eigenvalue weighted by atomic mass is 10.2. The first-order valence-electron chi connectivity index (χ1n) is 7.53. The van der Waals surface area contributed by atoms with Gasteiger partial charge in [-0.15, -0.1) is 4.83 Å². The van der Waals surface area contributed by atoms with Crippen LogP contribution < -0.4 is 15.2 Å². The lowest BCUT2D eigenvalue weighted by Gasteiger charge is -2.26. The van der Waals surface area contributed by atoms with Gasteiger partial charge < -0.3 is 9.64 Å². The molecule has 1 aromatic heterocycles. The average Bonchev–Trinajstić information content (AvgIpc) is 2.61. The number of nitrogens with zero attached hydrogens (tertiary/aromatic N) is 4. The predicted octanol–water partition coefficient (Wildman–Crippen LogP) is 0.975. The molecule has 2 heterocycles. The summed E-state index contributed by atoms with van der Waals surface area (Å²) in [5, 5.41) is -0.0338. The van der Waals surface area contributed by atoms with E-state index in [1.165, 1.54) is 12.1 Å². The van der Waals surface area contributed by atoms with Gasteiger partial charge in [0.2, 0.25) is 17.2 Å². The third kappa shape index (κ3) is 4.54. The van der Waals surface area contributed by atoms with Gasteiger partial charge in [-0.2, -0.15) is 15.0 Å². The van der Waals surface area contributed by atoms with E-state index >= 15 is 0 Å². The SMILES string of the molecule is Cc1ccc(S(=O)(=O)NNc2nc(Cl)nc(N3CCOCC3)n2)cc1. The highest BCUT2D eigenvalue weighted by Crippen LogP contribution is 2.15. The van der Waals surface area contributed by atoms with E-state index in [1.54, 1.807) is 12.1 Å². The summed E-state index contributed by atoms with van der Waals surface area (Å²) in [5.74, 6) is 0.373. The van der Waals surface area contributed by atoms with E-state index in [2.05, 4.69) is 25.2 Å². The first kappa shape index (κ1) is 17.8. The summed E-state index contributed by atoms with van der Waals surface area (Å²) >= 11 is 5.92. The molecule has 134 valence electrons. The van der Waals surface area contributed by atoms with Crippen LogP contribution >= 0.6 is 11.6 Å². The number of hydrogen-bond donors (Lipinski definition) is 2. The molecule has 0 unspecified atom stereocenters. The van der Waals surface area contributed by atoms with Crippen molar-refractivity contribution in [1.82, 2.24) is 19.8 Å². The summed E-state index contributed by atoms with van der Waals surface area (Å²) in [6.45, 7) is 4.24. The van der Waals surface area contributed by atoms with Gasteiger partial charge in [0.05, 0.1) is 18.1 Å². The second kappa shape index (κ2) is 7.48. The Bertz CT molecular complexity index is 840. The summed E-state index contributed by atoms with van der Waals surface area (Å²) in [6.07, 6.45) is 0. The van der Waals surface area contributed by atoms with E-state index in [1.807, 2.05) is 11.8 Å². The largest absolute Gasteiger partial charge is 0.378 e. The van der Waals surface area contributed by atoms with Gasteiger partial charge in [0.15, 0.2) is 0 Å². The fourth-order valence-corrected chi connectivity index (χ4v) is 3.18. The molecule has 9 nitrogen and oxygen atoms in total. The van der Waals surface area contributed by atoms with Crippen molar-refractivity contribution < 1.29 is 13.2 Å². The third-order valence-electron chi connectivity index (χ3n) is 3.52. The van der Waals surface area contributed by atoms with Crippen LogP contribution in [0.25, 0.3) is 0 Å². The Balaban J connectivity index is 1.74. The van der Waals surface area contributed by atoms with Crippen molar-refractivity contribution >= 4 is 33.5 Å². The molecular formula is C14H17ClN6O3S. The molecule has 1 fully saturated rings. The second-order valence-corrected chi connectivity index (χ2v) is 7.39.